The second kappa shape index (κ2) is 6.86. The average Bonchev–Trinajstić information content (AvgIpc) is 2.19. The Kier molecular flexibility index (Phi) is 6.07. The van der Waals surface area contributed by atoms with Crippen LogP contribution < -0.4 is 5.73 Å². The van der Waals surface area contributed by atoms with Crippen LogP contribution in [0.25, 0.3) is 0 Å². The van der Waals surface area contributed by atoms with Crippen LogP contribution in [-0.2, 0) is 0 Å². The summed E-state index contributed by atoms with van der Waals surface area (Å²) in [7, 11) is 0. The molecular formula is C11H15NO2. The van der Waals surface area contributed by atoms with Gasteiger partial charge in [0.15, 0.2) is 5.78 Å². The number of nitrogen functional groups attached to an aromatic ring is 1. The molecule has 0 aliphatic heterocycles. The first-order valence-electron chi connectivity index (χ1n) is 4.28. The number of aliphatic hydroxyl groups is 1. The summed E-state index contributed by atoms with van der Waals surface area (Å²) in [6, 6.07) is 6.74. The van der Waals surface area contributed by atoms with Gasteiger partial charge in [-0.25, -0.2) is 0 Å². The molecule has 0 unspecified atom stereocenters. The predicted molar refractivity (Wildman–Crippen MR) is 58.1 cm³/mol. The zero-order chi connectivity index (χ0) is 11.0. The molecular weight excluding hydrogens is 178 g/mol. The highest BCUT2D eigenvalue weighted by Crippen LogP contribution is 2.05. The van der Waals surface area contributed by atoms with Gasteiger partial charge < -0.3 is 10.8 Å². The van der Waals surface area contributed by atoms with Crippen molar-refractivity contribution >= 4 is 11.5 Å². The highest BCUT2D eigenvalue weighted by molar-refractivity contribution is 6.04. The molecule has 76 valence electrons. The first-order chi connectivity index (χ1) is 6.65. The summed E-state index contributed by atoms with van der Waals surface area (Å²) in [5, 5.41) is 7.57. The summed E-state index contributed by atoms with van der Waals surface area (Å²) in [6.45, 7) is 5.31. The van der Waals surface area contributed by atoms with Gasteiger partial charge in [0.1, 0.15) is 0 Å². The largest absolute Gasteiger partial charge is 0.399 e. The Morgan fingerprint density at radius 2 is 1.93 bits per heavy atom. The summed E-state index contributed by atoms with van der Waals surface area (Å²) in [5.74, 6) is -0.0787. The first kappa shape index (κ1) is 12.4. The topological polar surface area (TPSA) is 63.3 Å². The van der Waals surface area contributed by atoms with Gasteiger partial charge in [-0.3, -0.25) is 4.79 Å². The first-order valence-corrected chi connectivity index (χ1v) is 4.28. The van der Waals surface area contributed by atoms with Gasteiger partial charge in [0.2, 0.25) is 0 Å². The SMILES string of the molecule is C=CC(=O)c1ccc(N)cc1.CCO. The maximum atomic E-state index is 11.0. The Hall–Kier alpha value is -1.61. The Labute approximate surface area is 83.9 Å². The monoisotopic (exact) mass is 193 g/mol. The lowest BCUT2D eigenvalue weighted by Crippen LogP contribution is -1.93. The van der Waals surface area contributed by atoms with Crippen molar-refractivity contribution in [1.29, 1.82) is 0 Å². The fourth-order valence-corrected chi connectivity index (χ4v) is 0.765. The molecule has 3 N–H and O–H groups in total. The van der Waals surface area contributed by atoms with Crippen LogP contribution in [0.15, 0.2) is 36.9 Å². The van der Waals surface area contributed by atoms with Gasteiger partial charge in [-0.15, -0.1) is 0 Å². The van der Waals surface area contributed by atoms with E-state index in [0.29, 0.717) is 11.3 Å². The molecule has 1 aromatic rings. The molecule has 0 fully saturated rings. The molecule has 0 atom stereocenters. The molecule has 0 spiro atoms. The minimum Gasteiger partial charge on any atom is -0.399 e. The molecule has 0 saturated carbocycles. The highest BCUT2D eigenvalue weighted by Gasteiger charge is 1.97. The zero-order valence-corrected chi connectivity index (χ0v) is 8.23. The average molecular weight is 193 g/mol. The van der Waals surface area contributed by atoms with Crippen LogP contribution in [0.2, 0.25) is 0 Å². The van der Waals surface area contributed by atoms with Crippen molar-refractivity contribution in [3.8, 4) is 0 Å². The number of aliphatic hydroxyl groups excluding tert-OH is 1. The van der Waals surface area contributed by atoms with Crippen LogP contribution in [0.4, 0.5) is 5.69 Å². The molecule has 1 aromatic carbocycles. The summed E-state index contributed by atoms with van der Waals surface area (Å²) in [5.41, 5.74) is 6.71. The van der Waals surface area contributed by atoms with Gasteiger partial charge in [-0.05, 0) is 37.3 Å². The van der Waals surface area contributed by atoms with Crippen molar-refractivity contribution in [2.75, 3.05) is 12.3 Å². The molecule has 3 nitrogen and oxygen atoms in total. The van der Waals surface area contributed by atoms with E-state index in [2.05, 4.69) is 6.58 Å². The molecule has 0 bridgehead atoms. The van der Waals surface area contributed by atoms with E-state index in [1.165, 1.54) is 6.08 Å². The Morgan fingerprint density at radius 1 is 1.50 bits per heavy atom. The molecule has 0 saturated heterocycles. The van der Waals surface area contributed by atoms with Crippen LogP contribution in [0.3, 0.4) is 0 Å². The van der Waals surface area contributed by atoms with E-state index in [1.54, 1.807) is 31.2 Å². The van der Waals surface area contributed by atoms with Crippen molar-refractivity contribution in [2.45, 2.75) is 6.92 Å². The highest BCUT2D eigenvalue weighted by atomic mass is 16.2. The number of rotatable bonds is 2. The normalized spacial score (nSPS) is 8.43. The summed E-state index contributed by atoms with van der Waals surface area (Å²) in [6.07, 6.45) is 1.28. The molecule has 0 amide bonds. The lowest BCUT2D eigenvalue weighted by molar-refractivity contribution is 0.104. The van der Waals surface area contributed by atoms with Gasteiger partial charge in [0.05, 0.1) is 0 Å². The van der Waals surface area contributed by atoms with Crippen LogP contribution >= 0.6 is 0 Å². The molecule has 0 heterocycles. The van der Waals surface area contributed by atoms with Crippen molar-refractivity contribution in [1.82, 2.24) is 0 Å². The summed E-state index contributed by atoms with van der Waals surface area (Å²) >= 11 is 0. The maximum absolute atomic E-state index is 11.0. The van der Waals surface area contributed by atoms with E-state index in [-0.39, 0.29) is 12.4 Å². The van der Waals surface area contributed by atoms with Gasteiger partial charge in [-0.2, -0.15) is 0 Å². The number of anilines is 1. The van der Waals surface area contributed by atoms with Gasteiger partial charge in [-0.1, -0.05) is 6.58 Å². The number of allylic oxidation sites excluding steroid dienone is 1. The van der Waals surface area contributed by atoms with Crippen molar-refractivity contribution in [3.63, 3.8) is 0 Å². The van der Waals surface area contributed by atoms with Gasteiger partial charge in [0, 0.05) is 17.9 Å². The number of ketones is 1. The van der Waals surface area contributed by atoms with Crippen LogP contribution in [0, 0.1) is 0 Å². The third-order valence-corrected chi connectivity index (χ3v) is 1.38. The molecule has 0 aliphatic rings. The lowest BCUT2D eigenvalue weighted by atomic mass is 10.1. The minimum atomic E-state index is -0.0787. The van der Waals surface area contributed by atoms with Crippen molar-refractivity contribution in [3.05, 3.63) is 42.5 Å². The molecule has 0 aromatic heterocycles. The Bertz CT molecular complexity index is 291. The molecule has 0 aliphatic carbocycles. The van der Waals surface area contributed by atoms with E-state index in [1.807, 2.05) is 0 Å². The number of carbonyl (C=O) groups is 1. The van der Waals surface area contributed by atoms with Crippen LogP contribution in [0.1, 0.15) is 17.3 Å². The van der Waals surface area contributed by atoms with Crippen molar-refractivity contribution < 1.29 is 9.90 Å². The zero-order valence-electron chi connectivity index (χ0n) is 8.23. The van der Waals surface area contributed by atoms with E-state index in [4.69, 9.17) is 10.8 Å². The fourth-order valence-electron chi connectivity index (χ4n) is 0.765. The van der Waals surface area contributed by atoms with E-state index in [0.717, 1.165) is 0 Å². The smallest absolute Gasteiger partial charge is 0.185 e. The quantitative estimate of drug-likeness (QED) is 0.426. The van der Waals surface area contributed by atoms with Gasteiger partial charge in [0.25, 0.3) is 0 Å². The molecule has 0 radical (unpaired) electrons. The minimum absolute atomic E-state index is 0.0787. The number of benzene rings is 1. The fraction of sp³-hybridized carbons (Fsp3) is 0.182. The van der Waals surface area contributed by atoms with E-state index < -0.39 is 0 Å². The van der Waals surface area contributed by atoms with E-state index >= 15 is 0 Å². The van der Waals surface area contributed by atoms with Gasteiger partial charge >= 0.3 is 0 Å². The van der Waals surface area contributed by atoms with Crippen LogP contribution in [-0.4, -0.2) is 17.5 Å². The second-order valence-corrected chi connectivity index (χ2v) is 2.51. The number of carbonyl (C=O) groups excluding carboxylic acids is 1. The standard InChI is InChI=1S/C9H9NO.C2H6O/c1-2-9(11)7-3-5-8(10)6-4-7;1-2-3/h2-6H,1,10H2;3H,2H2,1H3. The van der Waals surface area contributed by atoms with Crippen molar-refractivity contribution in [2.24, 2.45) is 0 Å². The lowest BCUT2D eigenvalue weighted by Gasteiger charge is -1.94. The maximum Gasteiger partial charge on any atom is 0.185 e. The van der Waals surface area contributed by atoms with Crippen LogP contribution in [0.5, 0.6) is 0 Å². The molecule has 1 rings (SSSR count). The molecule has 14 heavy (non-hydrogen) atoms. The summed E-state index contributed by atoms with van der Waals surface area (Å²) < 4.78 is 0. The molecule has 3 heteroatoms. The Balaban J connectivity index is 0.000000500. The number of hydrogen-bond donors (Lipinski definition) is 2. The number of nitrogens with two attached hydrogens (primary N) is 1. The third-order valence-electron chi connectivity index (χ3n) is 1.38. The number of hydrogen-bond acceptors (Lipinski definition) is 3. The third kappa shape index (κ3) is 4.42. The predicted octanol–water partition coefficient (Wildman–Crippen LogP) is 1.64. The summed E-state index contributed by atoms with van der Waals surface area (Å²) in [4.78, 5) is 11.0. The Morgan fingerprint density at radius 3 is 2.29 bits per heavy atom. The van der Waals surface area contributed by atoms with E-state index in [9.17, 15) is 4.79 Å². The second-order valence-electron chi connectivity index (χ2n) is 2.51.